The van der Waals surface area contributed by atoms with Gasteiger partial charge in [-0.1, -0.05) is 29.0 Å². The Bertz CT molecular complexity index is 712. The second-order valence-electron chi connectivity index (χ2n) is 5.10. The number of ether oxygens (including phenoxy) is 1. The molecule has 1 heterocycles. The van der Waals surface area contributed by atoms with Gasteiger partial charge in [0.15, 0.2) is 0 Å². The molecule has 0 saturated carbocycles. The molecular formula is C16H16N2O5S2. The monoisotopic (exact) mass is 380 g/mol. The molecule has 25 heavy (non-hydrogen) atoms. The van der Waals surface area contributed by atoms with Gasteiger partial charge in [-0.3, -0.25) is 10.1 Å². The highest BCUT2D eigenvalue weighted by Gasteiger charge is 2.23. The highest BCUT2D eigenvalue weighted by Crippen LogP contribution is 2.36. The molecular weight excluding hydrogens is 364 g/mol. The van der Waals surface area contributed by atoms with E-state index in [0.717, 1.165) is 10.6 Å². The molecule has 7 nitrogen and oxygen atoms in total. The Hall–Kier alpha value is -2.26. The van der Waals surface area contributed by atoms with Gasteiger partial charge in [-0.05, 0) is 41.8 Å². The zero-order valence-electron chi connectivity index (χ0n) is 13.3. The predicted molar refractivity (Wildman–Crippen MR) is 96.8 cm³/mol. The molecule has 0 radical (unpaired) electrons. The van der Waals surface area contributed by atoms with Gasteiger partial charge < -0.3 is 9.84 Å². The van der Waals surface area contributed by atoms with Crippen LogP contribution < -0.4 is 0 Å². The average Bonchev–Trinajstić information content (AvgIpc) is 2.59. The maximum absolute atomic E-state index is 10.8. The van der Waals surface area contributed by atoms with Crippen LogP contribution in [0, 0.1) is 10.1 Å². The minimum absolute atomic E-state index is 0.0191. The number of rotatable bonds is 8. The lowest BCUT2D eigenvalue weighted by molar-refractivity contribution is -0.384. The number of non-ortho nitro benzene ring substituents is 1. The summed E-state index contributed by atoms with van der Waals surface area (Å²) in [5.74, 6) is 0. The lowest BCUT2D eigenvalue weighted by atomic mass is 10.1. The molecule has 2 atom stereocenters. The molecule has 0 amide bonds. The van der Waals surface area contributed by atoms with Crippen LogP contribution in [0.15, 0.2) is 53.7 Å². The highest BCUT2D eigenvalue weighted by molar-refractivity contribution is 8.76. The number of hydrogen-bond donors (Lipinski definition) is 1. The molecule has 0 aliphatic heterocycles. The van der Waals surface area contributed by atoms with E-state index in [1.54, 1.807) is 25.3 Å². The number of carboxylic acid groups (broad SMARTS) is 1. The maximum Gasteiger partial charge on any atom is 0.506 e. The molecule has 0 bridgehead atoms. The third kappa shape index (κ3) is 6.28. The molecule has 9 heteroatoms. The van der Waals surface area contributed by atoms with E-state index in [2.05, 4.69) is 4.98 Å². The van der Waals surface area contributed by atoms with Gasteiger partial charge in [0, 0.05) is 18.3 Å². The van der Waals surface area contributed by atoms with Gasteiger partial charge in [-0.2, -0.15) is 0 Å². The van der Waals surface area contributed by atoms with Crippen LogP contribution in [0.4, 0.5) is 10.5 Å². The van der Waals surface area contributed by atoms with Crippen LogP contribution in [0.25, 0.3) is 0 Å². The number of nitrogens with zero attached hydrogens (tertiary/aromatic N) is 2. The highest BCUT2D eigenvalue weighted by atomic mass is 33.1. The molecule has 2 aromatic rings. The molecule has 0 unspecified atom stereocenters. The summed E-state index contributed by atoms with van der Waals surface area (Å²) in [7, 11) is 2.90. The van der Waals surface area contributed by atoms with Crippen molar-refractivity contribution in [2.75, 3.05) is 0 Å². The molecule has 0 saturated heterocycles. The van der Waals surface area contributed by atoms with E-state index in [-0.39, 0.29) is 10.9 Å². The van der Waals surface area contributed by atoms with Gasteiger partial charge in [-0.25, -0.2) is 9.78 Å². The number of nitro groups is 1. The minimum atomic E-state index is -1.33. The molecule has 0 aliphatic rings. The summed E-state index contributed by atoms with van der Waals surface area (Å²) in [6.07, 6.45) is 0.320. The van der Waals surface area contributed by atoms with E-state index in [0.29, 0.717) is 6.42 Å². The first kappa shape index (κ1) is 19.1. The molecule has 0 fully saturated rings. The van der Waals surface area contributed by atoms with E-state index >= 15 is 0 Å². The number of nitro benzene ring substituents is 1. The molecule has 0 aliphatic carbocycles. The summed E-state index contributed by atoms with van der Waals surface area (Å²) in [6.45, 7) is 1.69. The Kier molecular flexibility index (Phi) is 7.08. The third-order valence-corrected chi connectivity index (χ3v) is 6.14. The normalized spacial score (nSPS) is 13.0. The van der Waals surface area contributed by atoms with Crippen molar-refractivity contribution >= 4 is 33.4 Å². The number of pyridine rings is 1. The Labute approximate surface area is 152 Å². The largest absolute Gasteiger partial charge is 0.506 e. The van der Waals surface area contributed by atoms with E-state index in [1.165, 1.54) is 33.7 Å². The lowest BCUT2D eigenvalue weighted by Crippen LogP contribution is -2.27. The average molecular weight is 380 g/mol. The van der Waals surface area contributed by atoms with Gasteiger partial charge in [-0.15, -0.1) is 0 Å². The fraction of sp³-hybridized carbons (Fsp3) is 0.250. The van der Waals surface area contributed by atoms with Crippen molar-refractivity contribution in [2.45, 2.75) is 29.7 Å². The summed E-state index contributed by atoms with van der Waals surface area (Å²) in [5, 5.41) is 20.2. The van der Waals surface area contributed by atoms with E-state index in [1.807, 2.05) is 18.2 Å². The Morgan fingerprint density at radius 2 is 2.04 bits per heavy atom. The predicted octanol–water partition coefficient (Wildman–Crippen LogP) is 4.42. The van der Waals surface area contributed by atoms with Crippen LogP contribution in [-0.4, -0.2) is 32.5 Å². The Morgan fingerprint density at radius 1 is 1.32 bits per heavy atom. The minimum Gasteiger partial charge on any atom is -0.450 e. The van der Waals surface area contributed by atoms with E-state index in [9.17, 15) is 14.9 Å². The fourth-order valence-electron chi connectivity index (χ4n) is 2.01. The van der Waals surface area contributed by atoms with Crippen LogP contribution in [0.1, 0.15) is 12.5 Å². The number of aromatic nitrogens is 1. The molecule has 0 spiro atoms. The molecule has 1 aromatic carbocycles. The van der Waals surface area contributed by atoms with Gasteiger partial charge in [0.05, 0.1) is 10.2 Å². The smallest absolute Gasteiger partial charge is 0.450 e. The summed E-state index contributed by atoms with van der Waals surface area (Å²) in [6, 6.07) is 11.8. The second kappa shape index (κ2) is 9.28. The zero-order chi connectivity index (χ0) is 18.2. The third-order valence-electron chi connectivity index (χ3n) is 3.29. The second-order valence-corrected chi connectivity index (χ2v) is 7.56. The van der Waals surface area contributed by atoms with Crippen LogP contribution in [0.5, 0.6) is 0 Å². The maximum atomic E-state index is 10.8. The lowest BCUT2D eigenvalue weighted by Gasteiger charge is -2.21. The molecule has 1 N–H and O–H groups in total. The quantitative estimate of drug-likeness (QED) is 0.311. The van der Waals surface area contributed by atoms with Crippen LogP contribution in [0.3, 0.4) is 0 Å². The summed E-state index contributed by atoms with van der Waals surface area (Å²) in [5.41, 5.74) is 0.885. The van der Waals surface area contributed by atoms with Gasteiger partial charge in [0.25, 0.3) is 5.69 Å². The summed E-state index contributed by atoms with van der Waals surface area (Å²) >= 11 is 0. The van der Waals surface area contributed by atoms with Crippen molar-refractivity contribution in [2.24, 2.45) is 0 Å². The topological polar surface area (TPSA) is 103 Å². The molecule has 132 valence electrons. The number of benzene rings is 1. The fourth-order valence-corrected chi connectivity index (χ4v) is 4.58. The molecule has 2 rings (SSSR count). The Balaban J connectivity index is 2.07. The first-order valence-electron chi connectivity index (χ1n) is 7.33. The van der Waals surface area contributed by atoms with Crippen molar-refractivity contribution in [3.8, 4) is 0 Å². The van der Waals surface area contributed by atoms with Gasteiger partial charge in [0.2, 0.25) is 0 Å². The first-order chi connectivity index (χ1) is 12.0. The van der Waals surface area contributed by atoms with Crippen molar-refractivity contribution in [1.82, 2.24) is 4.98 Å². The standard InChI is InChI=1S/C16H16N2O5S2/c1-11(23-16(19)20)14(24-25-15-4-2-3-9-17-15)10-12-5-7-13(8-6-12)18(21)22/h2-9,11,14H,10H2,1H3,(H,19,20)/t11-,14+/m1/s1. The Morgan fingerprint density at radius 3 is 2.60 bits per heavy atom. The number of hydrogen-bond acceptors (Lipinski definition) is 7. The SMILES string of the molecule is C[C@@H](OC(=O)O)[C@H](Cc1ccc([N+](=O)[O-])cc1)SSc1ccccn1. The van der Waals surface area contributed by atoms with E-state index in [4.69, 9.17) is 9.84 Å². The van der Waals surface area contributed by atoms with Crippen LogP contribution in [0.2, 0.25) is 0 Å². The van der Waals surface area contributed by atoms with Crippen molar-refractivity contribution in [3.63, 3.8) is 0 Å². The zero-order valence-corrected chi connectivity index (χ0v) is 14.9. The molecule has 1 aromatic heterocycles. The van der Waals surface area contributed by atoms with Crippen molar-refractivity contribution in [1.29, 1.82) is 0 Å². The van der Waals surface area contributed by atoms with Crippen molar-refractivity contribution < 1.29 is 19.6 Å². The summed E-state index contributed by atoms with van der Waals surface area (Å²) in [4.78, 5) is 25.3. The first-order valence-corrected chi connectivity index (χ1v) is 9.54. The van der Waals surface area contributed by atoms with Crippen LogP contribution in [-0.2, 0) is 11.2 Å². The number of carbonyl (C=O) groups is 1. The van der Waals surface area contributed by atoms with E-state index < -0.39 is 17.2 Å². The van der Waals surface area contributed by atoms with Crippen LogP contribution >= 0.6 is 21.6 Å². The van der Waals surface area contributed by atoms with Gasteiger partial charge in [0.1, 0.15) is 11.1 Å². The van der Waals surface area contributed by atoms with Gasteiger partial charge >= 0.3 is 6.16 Å². The van der Waals surface area contributed by atoms with Crippen molar-refractivity contribution in [3.05, 3.63) is 64.3 Å². The summed E-state index contributed by atoms with van der Waals surface area (Å²) < 4.78 is 4.89.